The number of guanidine groups is 1. The summed E-state index contributed by atoms with van der Waals surface area (Å²) < 4.78 is 21.1. The number of amides is 1. The summed E-state index contributed by atoms with van der Waals surface area (Å²) >= 11 is 0. The van der Waals surface area contributed by atoms with E-state index in [1.807, 2.05) is 6.07 Å². The quantitative estimate of drug-likeness (QED) is 0.237. The molecule has 10 heteroatoms. The molecule has 1 aromatic carbocycles. The summed E-state index contributed by atoms with van der Waals surface area (Å²) in [6.07, 6.45) is 4.37. The van der Waals surface area contributed by atoms with Crippen molar-refractivity contribution in [3.8, 4) is 5.69 Å². The first-order valence-corrected chi connectivity index (χ1v) is 8.96. The molecule has 8 nitrogen and oxygen atoms in total. The van der Waals surface area contributed by atoms with E-state index in [0.717, 1.165) is 5.56 Å². The van der Waals surface area contributed by atoms with E-state index in [9.17, 15) is 9.18 Å². The minimum Gasteiger partial charge on any atom is -0.444 e. The number of nitrogens with zero attached hydrogens (tertiary/aromatic N) is 3. The van der Waals surface area contributed by atoms with Crippen molar-refractivity contribution in [2.45, 2.75) is 32.9 Å². The van der Waals surface area contributed by atoms with Crippen molar-refractivity contribution in [2.24, 2.45) is 4.99 Å². The number of hydrogen-bond donors (Lipinski definition) is 3. The van der Waals surface area contributed by atoms with E-state index in [-0.39, 0.29) is 29.8 Å². The molecule has 29 heavy (non-hydrogen) atoms. The van der Waals surface area contributed by atoms with Crippen LogP contribution in [-0.2, 0) is 11.3 Å². The lowest BCUT2D eigenvalue weighted by Crippen LogP contribution is -2.42. The predicted octanol–water partition coefficient (Wildman–Crippen LogP) is 2.82. The van der Waals surface area contributed by atoms with Gasteiger partial charge in [0.05, 0.1) is 12.0 Å². The Morgan fingerprint density at radius 3 is 2.55 bits per heavy atom. The van der Waals surface area contributed by atoms with Gasteiger partial charge in [-0.05, 0) is 38.5 Å². The molecule has 2 rings (SSSR count). The van der Waals surface area contributed by atoms with Crippen molar-refractivity contribution in [3.63, 3.8) is 0 Å². The Morgan fingerprint density at radius 1 is 1.24 bits per heavy atom. The number of aromatic nitrogens is 2. The summed E-state index contributed by atoms with van der Waals surface area (Å²) in [6, 6.07) is 5.01. The maximum Gasteiger partial charge on any atom is 0.407 e. The maximum absolute atomic E-state index is 14.3. The molecule has 2 aromatic rings. The summed E-state index contributed by atoms with van der Waals surface area (Å²) in [4.78, 5) is 19.6. The van der Waals surface area contributed by atoms with E-state index < -0.39 is 11.7 Å². The van der Waals surface area contributed by atoms with Crippen molar-refractivity contribution in [1.29, 1.82) is 0 Å². The number of ether oxygens (including phenoxy) is 1. The van der Waals surface area contributed by atoms with Crippen LogP contribution in [0.2, 0.25) is 0 Å². The number of halogens is 2. The standard InChI is InChI=1S/C19H27FN6O2.HI/c1-19(2,3)28-18(27)24-8-7-23-17(21-4)25-12-14-5-6-16(15(20)11-14)26-10-9-22-13-26;/h5-6,9-11,13H,7-8,12H2,1-4H3,(H,24,27)(H2,21,23,25);1H. The van der Waals surface area contributed by atoms with Gasteiger partial charge in [0.1, 0.15) is 11.4 Å². The Balaban J connectivity index is 0.00000420. The van der Waals surface area contributed by atoms with Gasteiger partial charge in [0.25, 0.3) is 0 Å². The molecule has 1 aromatic heterocycles. The molecule has 3 N–H and O–H groups in total. The molecule has 160 valence electrons. The van der Waals surface area contributed by atoms with E-state index in [2.05, 4.69) is 25.9 Å². The largest absolute Gasteiger partial charge is 0.444 e. The van der Waals surface area contributed by atoms with E-state index in [1.54, 1.807) is 57.2 Å². The van der Waals surface area contributed by atoms with Crippen molar-refractivity contribution >= 4 is 36.0 Å². The van der Waals surface area contributed by atoms with Gasteiger partial charge in [-0.15, -0.1) is 24.0 Å². The predicted molar refractivity (Wildman–Crippen MR) is 121 cm³/mol. The Morgan fingerprint density at radius 2 is 1.97 bits per heavy atom. The van der Waals surface area contributed by atoms with Crippen LogP contribution >= 0.6 is 24.0 Å². The van der Waals surface area contributed by atoms with Gasteiger partial charge < -0.3 is 25.3 Å². The van der Waals surface area contributed by atoms with Crippen LogP contribution in [0.25, 0.3) is 5.69 Å². The fourth-order valence-electron chi connectivity index (χ4n) is 2.34. The molecule has 1 heterocycles. The highest BCUT2D eigenvalue weighted by atomic mass is 127. The summed E-state index contributed by atoms with van der Waals surface area (Å²) in [6.45, 7) is 6.67. The van der Waals surface area contributed by atoms with Crippen LogP contribution in [0.4, 0.5) is 9.18 Å². The Bertz CT molecular complexity index is 806. The average Bonchev–Trinajstić information content (AvgIpc) is 3.14. The number of benzene rings is 1. The highest BCUT2D eigenvalue weighted by molar-refractivity contribution is 14.0. The van der Waals surface area contributed by atoms with E-state index >= 15 is 0 Å². The lowest BCUT2D eigenvalue weighted by atomic mass is 10.2. The zero-order chi connectivity index (χ0) is 20.6. The molecule has 0 unspecified atom stereocenters. The van der Waals surface area contributed by atoms with Gasteiger partial charge in [-0.1, -0.05) is 6.07 Å². The molecule has 0 atom stereocenters. The molecule has 0 aliphatic heterocycles. The number of carbonyl (C=O) groups is 1. The van der Waals surface area contributed by atoms with Crippen LogP contribution in [-0.4, -0.2) is 47.3 Å². The molecule has 0 aliphatic carbocycles. The zero-order valence-corrected chi connectivity index (χ0v) is 19.4. The molecular weight excluding hydrogens is 490 g/mol. The van der Waals surface area contributed by atoms with Crippen LogP contribution in [0.15, 0.2) is 41.9 Å². The molecule has 0 spiro atoms. The average molecular weight is 518 g/mol. The van der Waals surface area contributed by atoms with Crippen LogP contribution in [0.3, 0.4) is 0 Å². The third-order valence-electron chi connectivity index (χ3n) is 3.56. The van der Waals surface area contributed by atoms with Gasteiger partial charge >= 0.3 is 6.09 Å². The first-order chi connectivity index (χ1) is 13.3. The minimum absolute atomic E-state index is 0. The molecule has 0 saturated carbocycles. The van der Waals surface area contributed by atoms with Crippen LogP contribution < -0.4 is 16.0 Å². The summed E-state index contributed by atoms with van der Waals surface area (Å²) in [5.41, 5.74) is 0.686. The number of hydrogen-bond acceptors (Lipinski definition) is 4. The van der Waals surface area contributed by atoms with E-state index in [0.29, 0.717) is 31.3 Å². The highest BCUT2D eigenvalue weighted by Gasteiger charge is 2.15. The van der Waals surface area contributed by atoms with Crippen molar-refractivity contribution < 1.29 is 13.9 Å². The van der Waals surface area contributed by atoms with Gasteiger partial charge in [0.15, 0.2) is 5.96 Å². The fraction of sp³-hybridized carbons (Fsp3) is 0.421. The highest BCUT2D eigenvalue weighted by Crippen LogP contribution is 2.14. The third kappa shape index (κ3) is 8.67. The SMILES string of the molecule is CN=C(NCCNC(=O)OC(C)(C)C)NCc1ccc(-n2ccnc2)c(F)c1.I. The monoisotopic (exact) mass is 518 g/mol. The summed E-state index contributed by atoms with van der Waals surface area (Å²) in [5, 5.41) is 8.83. The molecule has 0 bridgehead atoms. The van der Waals surface area contributed by atoms with Crippen LogP contribution in [0.5, 0.6) is 0 Å². The summed E-state index contributed by atoms with van der Waals surface area (Å²) in [7, 11) is 1.64. The first-order valence-electron chi connectivity index (χ1n) is 8.96. The van der Waals surface area contributed by atoms with Gasteiger partial charge in [0.2, 0.25) is 0 Å². The Labute approximate surface area is 187 Å². The molecule has 0 fully saturated rings. The smallest absolute Gasteiger partial charge is 0.407 e. The first kappa shape index (κ1) is 24.7. The topological polar surface area (TPSA) is 92.6 Å². The number of nitrogens with one attached hydrogen (secondary N) is 3. The van der Waals surface area contributed by atoms with E-state index in [1.165, 1.54) is 6.07 Å². The van der Waals surface area contributed by atoms with Crippen molar-refractivity contribution in [1.82, 2.24) is 25.5 Å². The third-order valence-corrected chi connectivity index (χ3v) is 3.56. The van der Waals surface area contributed by atoms with Gasteiger partial charge in [0, 0.05) is 39.1 Å². The van der Waals surface area contributed by atoms with Gasteiger partial charge in [-0.2, -0.15) is 0 Å². The molecule has 0 radical (unpaired) electrons. The number of aliphatic imine (C=N–C) groups is 1. The van der Waals surface area contributed by atoms with Crippen molar-refractivity contribution in [2.75, 3.05) is 20.1 Å². The number of carbonyl (C=O) groups excluding carboxylic acids is 1. The Kier molecular flexibility index (Phi) is 9.86. The minimum atomic E-state index is -0.530. The summed E-state index contributed by atoms with van der Waals surface area (Å²) in [5.74, 6) is 0.215. The normalized spacial score (nSPS) is 11.4. The number of imidazole rings is 1. The number of rotatable bonds is 6. The second kappa shape index (κ2) is 11.6. The van der Waals surface area contributed by atoms with Gasteiger partial charge in [-0.25, -0.2) is 14.2 Å². The van der Waals surface area contributed by atoms with E-state index in [4.69, 9.17) is 4.74 Å². The molecular formula is C19H28FIN6O2. The van der Waals surface area contributed by atoms with Crippen LogP contribution in [0, 0.1) is 5.82 Å². The molecule has 0 saturated heterocycles. The maximum atomic E-state index is 14.3. The van der Waals surface area contributed by atoms with Crippen LogP contribution in [0.1, 0.15) is 26.3 Å². The second-order valence-corrected chi connectivity index (χ2v) is 7.04. The lowest BCUT2D eigenvalue weighted by Gasteiger charge is -2.20. The molecule has 1 amide bonds. The number of alkyl carbamates (subject to hydrolysis) is 1. The fourth-order valence-corrected chi connectivity index (χ4v) is 2.34. The molecule has 0 aliphatic rings. The van der Waals surface area contributed by atoms with Gasteiger partial charge in [-0.3, -0.25) is 4.99 Å². The zero-order valence-electron chi connectivity index (χ0n) is 17.0. The Hall–Kier alpha value is -2.37. The van der Waals surface area contributed by atoms with Crippen molar-refractivity contribution in [3.05, 3.63) is 48.3 Å². The second-order valence-electron chi connectivity index (χ2n) is 7.04. The lowest BCUT2D eigenvalue weighted by molar-refractivity contribution is 0.0529.